The Morgan fingerprint density at radius 3 is 2.48 bits per heavy atom. The number of aryl methyl sites for hydroxylation is 1. The number of hydrogen-bond acceptors (Lipinski definition) is 3. The van der Waals surface area contributed by atoms with Gasteiger partial charge in [-0.2, -0.15) is 0 Å². The molecule has 0 radical (unpaired) electrons. The monoisotopic (exact) mass is 284 g/mol. The lowest BCUT2D eigenvalue weighted by molar-refractivity contribution is 0.0698. The van der Waals surface area contributed by atoms with Crippen LogP contribution in [0.3, 0.4) is 0 Å². The molecule has 0 fully saturated rings. The quantitative estimate of drug-likeness (QED) is 0.827. The number of carboxylic acids is 1. The minimum atomic E-state index is -0.992. The lowest BCUT2D eigenvalue weighted by atomic mass is 10.1. The van der Waals surface area contributed by atoms with E-state index in [1.54, 1.807) is 6.07 Å². The first kappa shape index (κ1) is 14.9. The first-order valence-corrected chi connectivity index (χ1v) is 6.95. The van der Waals surface area contributed by atoms with Crippen LogP contribution in [0.4, 0.5) is 11.4 Å². The molecule has 3 N–H and O–H groups in total. The summed E-state index contributed by atoms with van der Waals surface area (Å²) in [5, 5.41) is 9.26. The van der Waals surface area contributed by atoms with Crippen molar-refractivity contribution in [1.29, 1.82) is 0 Å². The van der Waals surface area contributed by atoms with Gasteiger partial charge >= 0.3 is 5.97 Å². The van der Waals surface area contributed by atoms with Gasteiger partial charge in [0.1, 0.15) is 0 Å². The highest BCUT2D eigenvalue weighted by atomic mass is 16.4. The lowest BCUT2D eigenvalue weighted by Crippen LogP contribution is -2.22. The van der Waals surface area contributed by atoms with E-state index >= 15 is 0 Å². The maximum absolute atomic E-state index is 11.3. The third kappa shape index (κ3) is 3.34. The van der Waals surface area contributed by atoms with Crippen LogP contribution < -0.4 is 10.6 Å². The molecule has 0 aromatic heterocycles. The summed E-state index contributed by atoms with van der Waals surface area (Å²) in [6, 6.07) is 13.7. The fourth-order valence-electron chi connectivity index (χ4n) is 2.33. The maximum atomic E-state index is 11.3. The van der Waals surface area contributed by atoms with Gasteiger partial charge in [-0.1, -0.05) is 30.3 Å². The van der Waals surface area contributed by atoms with Crippen molar-refractivity contribution >= 4 is 17.3 Å². The van der Waals surface area contributed by atoms with E-state index < -0.39 is 5.97 Å². The first-order valence-electron chi connectivity index (χ1n) is 6.95. The van der Waals surface area contributed by atoms with Crippen molar-refractivity contribution in [2.45, 2.75) is 20.4 Å². The number of nitrogens with zero attached hydrogens (tertiary/aromatic N) is 1. The number of nitrogen functional groups attached to an aromatic ring is 1. The number of benzene rings is 2. The van der Waals surface area contributed by atoms with Crippen LogP contribution in [0.5, 0.6) is 0 Å². The van der Waals surface area contributed by atoms with Gasteiger partial charge in [-0.15, -0.1) is 0 Å². The lowest BCUT2D eigenvalue weighted by Gasteiger charge is -2.24. The van der Waals surface area contributed by atoms with E-state index in [4.69, 9.17) is 5.73 Å². The summed E-state index contributed by atoms with van der Waals surface area (Å²) in [6.07, 6.45) is 0. The van der Waals surface area contributed by atoms with Gasteiger partial charge < -0.3 is 15.7 Å². The Hall–Kier alpha value is -2.49. The highest BCUT2D eigenvalue weighted by molar-refractivity contribution is 5.95. The number of rotatable bonds is 5. The van der Waals surface area contributed by atoms with Crippen molar-refractivity contribution in [2.24, 2.45) is 0 Å². The van der Waals surface area contributed by atoms with E-state index in [9.17, 15) is 9.90 Å². The fraction of sp³-hybridized carbons (Fsp3) is 0.235. The van der Waals surface area contributed by atoms with Gasteiger partial charge in [-0.05, 0) is 37.1 Å². The second kappa shape index (κ2) is 6.31. The largest absolute Gasteiger partial charge is 0.478 e. The summed E-state index contributed by atoms with van der Waals surface area (Å²) >= 11 is 0. The van der Waals surface area contributed by atoms with Crippen LogP contribution in [0.2, 0.25) is 0 Å². The average Bonchev–Trinajstić information content (AvgIpc) is 2.48. The van der Waals surface area contributed by atoms with Gasteiger partial charge in [0.05, 0.1) is 5.56 Å². The summed E-state index contributed by atoms with van der Waals surface area (Å²) < 4.78 is 0. The predicted molar refractivity (Wildman–Crippen MR) is 85.7 cm³/mol. The molecule has 21 heavy (non-hydrogen) atoms. The Balaban J connectivity index is 2.36. The van der Waals surface area contributed by atoms with Gasteiger partial charge in [0, 0.05) is 24.5 Å². The topological polar surface area (TPSA) is 66.6 Å². The Labute approximate surface area is 124 Å². The average molecular weight is 284 g/mol. The molecule has 2 aromatic carbocycles. The van der Waals surface area contributed by atoms with E-state index in [0.29, 0.717) is 5.69 Å². The first-order chi connectivity index (χ1) is 10.0. The molecule has 0 saturated heterocycles. The van der Waals surface area contributed by atoms with Crippen molar-refractivity contribution < 1.29 is 9.90 Å². The fourth-order valence-corrected chi connectivity index (χ4v) is 2.33. The summed E-state index contributed by atoms with van der Waals surface area (Å²) in [6.45, 7) is 5.41. The molecule has 0 aliphatic carbocycles. The van der Waals surface area contributed by atoms with Crippen LogP contribution in [0.1, 0.15) is 28.4 Å². The molecule has 4 nitrogen and oxygen atoms in total. The Kier molecular flexibility index (Phi) is 4.48. The van der Waals surface area contributed by atoms with Crippen LogP contribution in [0.25, 0.3) is 0 Å². The molecule has 0 atom stereocenters. The molecule has 0 heterocycles. The molecular formula is C17H20N2O2. The molecule has 0 bridgehead atoms. The standard InChI is InChI=1S/C17H20N2O2/c1-3-19(11-13-7-5-4-6-8-13)14-9-12(2)16(18)15(10-14)17(20)21/h4-10H,3,11,18H2,1-2H3,(H,20,21). The number of aromatic carboxylic acids is 1. The number of nitrogens with two attached hydrogens (primary N) is 1. The Morgan fingerprint density at radius 1 is 1.24 bits per heavy atom. The van der Waals surface area contributed by atoms with Gasteiger partial charge in [0.25, 0.3) is 0 Å². The van der Waals surface area contributed by atoms with E-state index in [2.05, 4.69) is 24.0 Å². The molecule has 2 aromatic rings. The predicted octanol–water partition coefficient (Wildman–Crippen LogP) is 3.30. The van der Waals surface area contributed by atoms with Gasteiger partial charge in [0.15, 0.2) is 0 Å². The molecule has 4 heteroatoms. The van der Waals surface area contributed by atoms with Crippen molar-refractivity contribution in [3.63, 3.8) is 0 Å². The van der Waals surface area contributed by atoms with Crippen molar-refractivity contribution in [3.05, 3.63) is 59.2 Å². The number of hydrogen-bond donors (Lipinski definition) is 2. The molecule has 0 aliphatic heterocycles. The Morgan fingerprint density at radius 2 is 1.90 bits per heavy atom. The summed E-state index contributed by atoms with van der Waals surface area (Å²) in [7, 11) is 0. The Bertz CT molecular complexity index is 639. The molecule has 110 valence electrons. The summed E-state index contributed by atoms with van der Waals surface area (Å²) in [5.74, 6) is -0.992. The van der Waals surface area contributed by atoms with E-state index in [1.165, 1.54) is 5.56 Å². The van der Waals surface area contributed by atoms with Crippen LogP contribution in [-0.4, -0.2) is 17.6 Å². The highest BCUT2D eigenvalue weighted by Gasteiger charge is 2.14. The zero-order valence-corrected chi connectivity index (χ0v) is 12.3. The maximum Gasteiger partial charge on any atom is 0.337 e. The number of anilines is 2. The molecule has 2 rings (SSSR count). The van der Waals surface area contributed by atoms with Crippen molar-refractivity contribution in [3.8, 4) is 0 Å². The van der Waals surface area contributed by atoms with Crippen LogP contribution in [-0.2, 0) is 6.54 Å². The summed E-state index contributed by atoms with van der Waals surface area (Å²) in [5.41, 5.74) is 9.20. The van der Waals surface area contributed by atoms with Crippen LogP contribution in [0, 0.1) is 6.92 Å². The van der Waals surface area contributed by atoms with Gasteiger partial charge in [-0.3, -0.25) is 0 Å². The molecule has 0 unspecified atom stereocenters. The molecule has 0 spiro atoms. The minimum Gasteiger partial charge on any atom is -0.478 e. The third-order valence-corrected chi connectivity index (χ3v) is 3.57. The number of carboxylic acid groups (broad SMARTS) is 1. The van der Waals surface area contributed by atoms with Crippen LogP contribution >= 0.6 is 0 Å². The SMILES string of the molecule is CCN(Cc1ccccc1)c1cc(C)c(N)c(C(=O)O)c1. The smallest absolute Gasteiger partial charge is 0.337 e. The zero-order chi connectivity index (χ0) is 15.4. The van der Waals surface area contributed by atoms with E-state index in [1.807, 2.05) is 31.2 Å². The van der Waals surface area contributed by atoms with Crippen molar-refractivity contribution in [2.75, 3.05) is 17.2 Å². The van der Waals surface area contributed by atoms with E-state index in [-0.39, 0.29) is 5.56 Å². The molecule has 0 amide bonds. The van der Waals surface area contributed by atoms with Gasteiger partial charge in [0.2, 0.25) is 0 Å². The molecular weight excluding hydrogens is 264 g/mol. The second-order valence-electron chi connectivity index (χ2n) is 5.03. The summed E-state index contributed by atoms with van der Waals surface area (Å²) in [4.78, 5) is 13.4. The van der Waals surface area contributed by atoms with Crippen LogP contribution in [0.15, 0.2) is 42.5 Å². The molecule has 0 aliphatic rings. The van der Waals surface area contributed by atoms with Gasteiger partial charge in [-0.25, -0.2) is 4.79 Å². The number of carbonyl (C=O) groups is 1. The third-order valence-electron chi connectivity index (χ3n) is 3.57. The highest BCUT2D eigenvalue weighted by Crippen LogP contribution is 2.26. The second-order valence-corrected chi connectivity index (χ2v) is 5.03. The minimum absolute atomic E-state index is 0.163. The normalized spacial score (nSPS) is 10.4. The molecule has 0 saturated carbocycles. The van der Waals surface area contributed by atoms with Crippen molar-refractivity contribution in [1.82, 2.24) is 0 Å². The van der Waals surface area contributed by atoms with E-state index in [0.717, 1.165) is 24.3 Å². The zero-order valence-electron chi connectivity index (χ0n) is 12.3.